The lowest BCUT2D eigenvalue weighted by Gasteiger charge is -2.01. The van der Waals surface area contributed by atoms with E-state index in [2.05, 4.69) is 85.9 Å². The van der Waals surface area contributed by atoms with Crippen LogP contribution in [0.2, 0.25) is 39.3 Å². The van der Waals surface area contributed by atoms with Crippen LogP contribution in [0.25, 0.3) is 0 Å². The fourth-order valence-electron chi connectivity index (χ4n) is 0.562. The number of hydrogen-bond acceptors (Lipinski definition) is 0. The molecule has 0 spiro atoms. The maximum atomic E-state index is 3.16. The molecule has 0 aromatic rings. The largest absolute Gasteiger partial charge is 0.130 e. The predicted molar refractivity (Wildman–Crippen MR) is 77.8 cm³/mol. The molecule has 0 unspecified atom stereocenters. The zero-order valence-electron chi connectivity index (χ0n) is 11.0. The van der Waals surface area contributed by atoms with Gasteiger partial charge in [0.15, 0.2) is 0 Å². The molecule has 2 heteroatoms. The van der Waals surface area contributed by atoms with Crippen molar-refractivity contribution in [3.63, 3.8) is 0 Å². The van der Waals surface area contributed by atoms with Crippen molar-refractivity contribution in [1.82, 2.24) is 0 Å². The molecule has 0 aliphatic heterocycles. The third-order valence-corrected chi connectivity index (χ3v) is 2.94. The summed E-state index contributed by atoms with van der Waals surface area (Å²) in [5.74, 6) is 16.5. The van der Waals surface area contributed by atoms with Gasteiger partial charge in [-0.2, -0.15) is 0 Å². The van der Waals surface area contributed by atoms with Gasteiger partial charge < -0.3 is 0 Å². The molecule has 0 aromatic carbocycles. The molecule has 82 valence electrons. The summed E-state index contributed by atoms with van der Waals surface area (Å²) >= 11 is 0. The monoisotopic (exact) mass is 242 g/mol. The molecular formula is C14H18Si2. The highest BCUT2D eigenvalue weighted by atomic mass is 28.3. The molecule has 0 amide bonds. The maximum Gasteiger partial charge on any atom is 0.130 e. The van der Waals surface area contributed by atoms with Gasteiger partial charge in [0.25, 0.3) is 0 Å². The van der Waals surface area contributed by atoms with Crippen LogP contribution in [0, 0.1) is 46.6 Å². The lowest BCUT2D eigenvalue weighted by atomic mass is 10.5. The molecule has 0 saturated heterocycles. The quantitative estimate of drug-likeness (QED) is 0.453. The summed E-state index contributed by atoms with van der Waals surface area (Å²) < 4.78 is 0. The van der Waals surface area contributed by atoms with E-state index in [1.165, 1.54) is 0 Å². The first-order valence-electron chi connectivity index (χ1n) is 5.25. The van der Waals surface area contributed by atoms with Gasteiger partial charge in [-0.25, -0.2) is 0 Å². The topological polar surface area (TPSA) is 0 Å². The molecule has 0 N–H and O–H groups in total. The van der Waals surface area contributed by atoms with Crippen molar-refractivity contribution in [3.8, 4) is 46.6 Å². The van der Waals surface area contributed by atoms with Crippen LogP contribution in [-0.2, 0) is 0 Å². The third kappa shape index (κ3) is 12.7. The Bertz CT molecular complexity index is 421. The van der Waals surface area contributed by atoms with Gasteiger partial charge in [-0.1, -0.05) is 39.3 Å². The van der Waals surface area contributed by atoms with E-state index in [1.807, 2.05) is 0 Å². The van der Waals surface area contributed by atoms with E-state index >= 15 is 0 Å². The summed E-state index contributed by atoms with van der Waals surface area (Å²) in [6.07, 6.45) is 0. The second kappa shape index (κ2) is 6.30. The zero-order valence-corrected chi connectivity index (χ0v) is 13.0. The average molecular weight is 242 g/mol. The molecule has 0 heterocycles. The summed E-state index contributed by atoms with van der Waals surface area (Å²) in [7, 11) is -2.58. The molecule has 0 aromatic heterocycles. The van der Waals surface area contributed by atoms with Gasteiger partial charge >= 0.3 is 0 Å². The first kappa shape index (κ1) is 14.7. The van der Waals surface area contributed by atoms with Gasteiger partial charge in [0.1, 0.15) is 16.1 Å². The Morgan fingerprint density at radius 1 is 0.438 bits per heavy atom. The first-order valence-corrected chi connectivity index (χ1v) is 12.2. The van der Waals surface area contributed by atoms with E-state index in [4.69, 9.17) is 0 Å². The predicted octanol–water partition coefficient (Wildman–Crippen LogP) is 2.75. The minimum Gasteiger partial charge on any atom is -0.118 e. The summed E-state index contributed by atoms with van der Waals surface area (Å²) in [6.45, 7) is 13.1. The van der Waals surface area contributed by atoms with E-state index < -0.39 is 16.1 Å². The van der Waals surface area contributed by atoms with Crippen LogP contribution in [0.1, 0.15) is 0 Å². The molecule has 0 atom stereocenters. The van der Waals surface area contributed by atoms with E-state index in [0.29, 0.717) is 0 Å². The van der Waals surface area contributed by atoms with Gasteiger partial charge in [-0.15, -0.1) is 11.1 Å². The summed E-state index contributed by atoms with van der Waals surface area (Å²) in [5, 5.41) is 0. The Morgan fingerprint density at radius 2 is 0.688 bits per heavy atom. The molecule has 0 bridgehead atoms. The van der Waals surface area contributed by atoms with E-state index in [9.17, 15) is 0 Å². The van der Waals surface area contributed by atoms with Crippen molar-refractivity contribution in [2.45, 2.75) is 39.3 Å². The molecule has 0 fully saturated rings. The highest BCUT2D eigenvalue weighted by Crippen LogP contribution is 1.95. The van der Waals surface area contributed by atoms with Crippen LogP contribution in [-0.4, -0.2) is 16.1 Å². The third-order valence-electron chi connectivity index (χ3n) is 1.19. The van der Waals surface area contributed by atoms with Crippen molar-refractivity contribution in [3.05, 3.63) is 0 Å². The van der Waals surface area contributed by atoms with E-state index in [-0.39, 0.29) is 0 Å². The smallest absolute Gasteiger partial charge is 0.118 e. The molecule has 0 aliphatic carbocycles. The lowest BCUT2D eigenvalue weighted by Crippen LogP contribution is -2.16. The Labute approximate surface area is 102 Å². The van der Waals surface area contributed by atoms with Gasteiger partial charge in [0.05, 0.1) is 0 Å². The average Bonchev–Trinajstić information content (AvgIpc) is 2.06. The van der Waals surface area contributed by atoms with Crippen molar-refractivity contribution in [2.75, 3.05) is 0 Å². The van der Waals surface area contributed by atoms with Gasteiger partial charge in [-0.3, -0.25) is 0 Å². The Morgan fingerprint density at radius 3 is 0.938 bits per heavy atom. The van der Waals surface area contributed by atoms with Crippen LogP contribution >= 0.6 is 0 Å². The first-order chi connectivity index (χ1) is 7.21. The van der Waals surface area contributed by atoms with Crippen LogP contribution in [0.15, 0.2) is 0 Å². The Kier molecular flexibility index (Phi) is 5.78. The second-order valence-corrected chi connectivity index (χ2v) is 15.0. The number of hydrogen-bond donors (Lipinski definition) is 0. The summed E-state index contributed by atoms with van der Waals surface area (Å²) in [6, 6.07) is 0. The van der Waals surface area contributed by atoms with Crippen LogP contribution in [0.3, 0.4) is 0 Å². The number of rotatable bonds is 0. The molecule has 0 radical (unpaired) electrons. The Balaban J connectivity index is 4.36. The Hall–Kier alpha value is -1.33. The van der Waals surface area contributed by atoms with Gasteiger partial charge in [-0.05, 0) is 35.5 Å². The normalized spacial score (nSPS) is 9.12. The molecule has 0 nitrogen and oxygen atoms in total. The van der Waals surface area contributed by atoms with Crippen molar-refractivity contribution in [2.24, 2.45) is 0 Å². The SMILES string of the molecule is C[Si](C)(C)C#CC#CC#CC#C[Si](C)(C)C. The zero-order chi connectivity index (χ0) is 12.7. The van der Waals surface area contributed by atoms with Gasteiger partial charge in [0.2, 0.25) is 0 Å². The molecule has 16 heavy (non-hydrogen) atoms. The minimum atomic E-state index is -1.29. The van der Waals surface area contributed by atoms with E-state index in [1.54, 1.807) is 0 Å². The van der Waals surface area contributed by atoms with Crippen LogP contribution in [0.4, 0.5) is 0 Å². The van der Waals surface area contributed by atoms with Gasteiger partial charge in [0, 0.05) is 0 Å². The van der Waals surface area contributed by atoms with Crippen molar-refractivity contribution < 1.29 is 0 Å². The van der Waals surface area contributed by atoms with Crippen molar-refractivity contribution in [1.29, 1.82) is 0 Å². The molecule has 0 saturated carbocycles. The molecule has 0 aliphatic rings. The van der Waals surface area contributed by atoms with Crippen molar-refractivity contribution >= 4 is 16.1 Å². The maximum absolute atomic E-state index is 3.16. The standard InChI is InChI=1S/C14H18Si2/c1-15(2,3)13-11-9-7-8-10-12-14-16(4,5)6/h1-6H3. The second-order valence-electron chi connectivity index (χ2n) is 5.50. The highest BCUT2D eigenvalue weighted by molar-refractivity contribution is 6.84. The van der Waals surface area contributed by atoms with Crippen LogP contribution < -0.4 is 0 Å². The molecule has 0 rings (SSSR count). The van der Waals surface area contributed by atoms with E-state index in [0.717, 1.165) is 0 Å². The highest BCUT2D eigenvalue weighted by Gasteiger charge is 2.07. The summed E-state index contributed by atoms with van der Waals surface area (Å²) in [5.41, 5.74) is 6.31. The fraction of sp³-hybridized carbons (Fsp3) is 0.429. The lowest BCUT2D eigenvalue weighted by molar-refractivity contribution is 1.81. The molecular weight excluding hydrogens is 224 g/mol. The van der Waals surface area contributed by atoms with Crippen LogP contribution in [0.5, 0.6) is 0 Å². The summed E-state index contributed by atoms with van der Waals surface area (Å²) in [4.78, 5) is 0. The fourth-order valence-corrected chi connectivity index (χ4v) is 1.44. The minimum absolute atomic E-state index is 1.29.